The first-order valence-corrected chi connectivity index (χ1v) is 12.3. The molecule has 3 heterocycles. The zero-order valence-corrected chi connectivity index (χ0v) is 20.1. The lowest BCUT2D eigenvalue weighted by Gasteiger charge is -2.27. The minimum absolute atomic E-state index is 0.0408. The second kappa shape index (κ2) is 10.2. The molecule has 1 N–H and O–H groups in total. The van der Waals surface area contributed by atoms with Crippen LogP contribution in [0, 0.1) is 6.92 Å². The Morgan fingerprint density at radius 1 is 1.00 bits per heavy atom. The number of hydrogen-bond donors (Lipinski definition) is 1. The first kappa shape index (κ1) is 23.0. The Bertz CT molecular complexity index is 1330. The topological polar surface area (TPSA) is 84.7 Å². The summed E-state index contributed by atoms with van der Waals surface area (Å²) in [5.41, 5.74) is 3.78. The Labute approximate surface area is 207 Å². The maximum absolute atomic E-state index is 13.5. The van der Waals surface area contributed by atoms with Gasteiger partial charge in [0.15, 0.2) is 0 Å². The summed E-state index contributed by atoms with van der Waals surface area (Å²) in [4.78, 5) is 33.7. The summed E-state index contributed by atoms with van der Waals surface area (Å²) in [5, 5.41) is 3.53. The van der Waals surface area contributed by atoms with E-state index < -0.39 is 0 Å². The van der Waals surface area contributed by atoms with Gasteiger partial charge in [-0.3, -0.25) is 9.59 Å². The van der Waals surface area contributed by atoms with Crippen molar-refractivity contribution in [3.05, 3.63) is 83.7 Å². The zero-order valence-electron chi connectivity index (χ0n) is 19.3. The molecule has 5 rings (SSSR count). The molecule has 0 unspecified atom stereocenters. The van der Waals surface area contributed by atoms with Crippen LogP contribution in [-0.4, -0.2) is 48.0 Å². The molecule has 0 atom stereocenters. The number of nitrogens with zero attached hydrogens (tertiary/aromatic N) is 2. The van der Waals surface area contributed by atoms with Crippen LogP contribution in [0.4, 0.5) is 5.00 Å². The highest BCUT2D eigenvalue weighted by Gasteiger charge is 2.28. The van der Waals surface area contributed by atoms with Crippen LogP contribution in [0.1, 0.15) is 21.6 Å². The maximum atomic E-state index is 13.5. The van der Waals surface area contributed by atoms with Gasteiger partial charge in [0.2, 0.25) is 11.8 Å². The molecule has 0 spiro atoms. The van der Waals surface area contributed by atoms with E-state index in [-0.39, 0.29) is 18.2 Å². The van der Waals surface area contributed by atoms with Gasteiger partial charge in [-0.15, -0.1) is 11.3 Å². The third-order valence-electron chi connectivity index (χ3n) is 5.86. The van der Waals surface area contributed by atoms with Crippen LogP contribution >= 0.6 is 11.3 Å². The SMILES string of the molecule is Cc1c(-c2ccccc2)sc(NC(=O)Cc2coc(-c3ccccc3)n2)c1C(=O)N1CCOCC1. The van der Waals surface area contributed by atoms with Gasteiger partial charge in [0, 0.05) is 23.5 Å². The van der Waals surface area contributed by atoms with Crippen LogP contribution in [0.3, 0.4) is 0 Å². The van der Waals surface area contributed by atoms with Crippen molar-refractivity contribution in [1.29, 1.82) is 0 Å². The zero-order chi connectivity index (χ0) is 24.2. The van der Waals surface area contributed by atoms with Gasteiger partial charge in [-0.1, -0.05) is 48.5 Å². The summed E-state index contributed by atoms with van der Waals surface area (Å²) in [7, 11) is 0. The van der Waals surface area contributed by atoms with Gasteiger partial charge in [-0.05, 0) is 30.2 Å². The number of anilines is 1. The van der Waals surface area contributed by atoms with Gasteiger partial charge in [0.1, 0.15) is 11.3 Å². The summed E-state index contributed by atoms with van der Waals surface area (Å²) in [6, 6.07) is 19.4. The molecule has 178 valence electrons. The fourth-order valence-corrected chi connectivity index (χ4v) is 5.31. The number of carbonyl (C=O) groups excluding carboxylic acids is 2. The number of morpholine rings is 1. The lowest BCUT2D eigenvalue weighted by molar-refractivity contribution is -0.115. The van der Waals surface area contributed by atoms with Gasteiger partial charge < -0.3 is 19.4 Å². The standard InChI is InChI=1S/C27H25N3O4S/c1-18-23(27(32)30-12-14-33-15-13-30)26(35-24(18)19-8-4-2-5-9-19)29-22(31)16-21-17-34-25(28-21)20-10-6-3-7-11-20/h2-11,17H,12-16H2,1H3,(H,29,31). The molecule has 1 aliphatic rings. The minimum atomic E-state index is -0.255. The Hall–Kier alpha value is -3.75. The number of nitrogens with one attached hydrogen (secondary N) is 1. The number of ether oxygens (including phenoxy) is 1. The minimum Gasteiger partial charge on any atom is -0.444 e. The third-order valence-corrected chi connectivity index (χ3v) is 7.12. The second-order valence-corrected chi connectivity index (χ2v) is 9.29. The molecule has 2 amide bonds. The molecular formula is C27H25N3O4S. The molecule has 0 saturated carbocycles. The summed E-state index contributed by atoms with van der Waals surface area (Å²) >= 11 is 1.42. The molecule has 1 saturated heterocycles. The van der Waals surface area contributed by atoms with Crippen molar-refractivity contribution >= 4 is 28.2 Å². The second-order valence-electron chi connectivity index (χ2n) is 8.27. The molecule has 4 aromatic rings. The highest BCUT2D eigenvalue weighted by Crippen LogP contribution is 2.40. The van der Waals surface area contributed by atoms with Gasteiger partial charge >= 0.3 is 0 Å². The first-order chi connectivity index (χ1) is 17.1. The molecular weight excluding hydrogens is 462 g/mol. The van der Waals surface area contributed by atoms with E-state index in [0.717, 1.165) is 21.6 Å². The van der Waals surface area contributed by atoms with Crippen LogP contribution in [0.15, 0.2) is 71.3 Å². The van der Waals surface area contributed by atoms with Crippen LogP contribution in [0.2, 0.25) is 0 Å². The number of oxazole rings is 1. The van der Waals surface area contributed by atoms with E-state index in [1.165, 1.54) is 17.6 Å². The normalized spacial score (nSPS) is 13.6. The highest BCUT2D eigenvalue weighted by atomic mass is 32.1. The lowest BCUT2D eigenvalue weighted by Crippen LogP contribution is -2.41. The smallest absolute Gasteiger partial charge is 0.257 e. The van der Waals surface area contributed by atoms with Crippen molar-refractivity contribution in [2.45, 2.75) is 13.3 Å². The average molecular weight is 488 g/mol. The molecule has 2 aromatic heterocycles. The number of benzene rings is 2. The Morgan fingerprint density at radius 3 is 2.34 bits per heavy atom. The predicted octanol–water partition coefficient (Wildman–Crippen LogP) is 5.03. The van der Waals surface area contributed by atoms with E-state index >= 15 is 0 Å². The number of carbonyl (C=O) groups is 2. The number of amides is 2. The van der Waals surface area contributed by atoms with Crippen LogP contribution in [0.5, 0.6) is 0 Å². The van der Waals surface area contributed by atoms with Crippen LogP contribution in [0.25, 0.3) is 21.9 Å². The Morgan fingerprint density at radius 2 is 1.66 bits per heavy atom. The molecule has 7 nitrogen and oxygen atoms in total. The molecule has 2 aromatic carbocycles. The van der Waals surface area contributed by atoms with Gasteiger partial charge in [-0.25, -0.2) is 4.98 Å². The number of rotatable bonds is 6. The van der Waals surface area contributed by atoms with Crippen molar-refractivity contribution in [3.8, 4) is 21.9 Å². The van der Waals surface area contributed by atoms with Crippen molar-refractivity contribution in [2.75, 3.05) is 31.6 Å². The average Bonchev–Trinajstić information content (AvgIpc) is 3.49. The fraction of sp³-hybridized carbons (Fsp3) is 0.222. The lowest BCUT2D eigenvalue weighted by atomic mass is 10.1. The van der Waals surface area contributed by atoms with Gasteiger partial charge in [0.25, 0.3) is 5.91 Å². The Kier molecular flexibility index (Phi) is 6.74. The van der Waals surface area contributed by atoms with E-state index in [2.05, 4.69) is 10.3 Å². The van der Waals surface area contributed by atoms with E-state index in [1.54, 1.807) is 4.90 Å². The molecule has 1 aliphatic heterocycles. The van der Waals surface area contributed by atoms with Crippen molar-refractivity contribution in [2.24, 2.45) is 0 Å². The fourth-order valence-electron chi connectivity index (χ4n) is 4.09. The highest BCUT2D eigenvalue weighted by molar-refractivity contribution is 7.20. The molecule has 0 bridgehead atoms. The molecule has 8 heteroatoms. The monoisotopic (exact) mass is 487 g/mol. The molecule has 0 aliphatic carbocycles. The van der Waals surface area contributed by atoms with Crippen molar-refractivity contribution in [3.63, 3.8) is 0 Å². The summed E-state index contributed by atoms with van der Waals surface area (Å²) in [6.45, 7) is 4.02. The third kappa shape index (κ3) is 5.03. The molecule has 35 heavy (non-hydrogen) atoms. The summed E-state index contributed by atoms with van der Waals surface area (Å²) < 4.78 is 11.0. The number of hydrogen-bond acceptors (Lipinski definition) is 6. The number of thiophene rings is 1. The first-order valence-electron chi connectivity index (χ1n) is 11.5. The largest absolute Gasteiger partial charge is 0.444 e. The van der Waals surface area contributed by atoms with Crippen LogP contribution < -0.4 is 5.32 Å². The quantitative estimate of drug-likeness (QED) is 0.412. The van der Waals surface area contributed by atoms with E-state index in [9.17, 15) is 9.59 Å². The van der Waals surface area contributed by atoms with E-state index in [1.807, 2.05) is 67.6 Å². The maximum Gasteiger partial charge on any atom is 0.257 e. The Balaban J connectivity index is 1.40. The van der Waals surface area contributed by atoms with Crippen LogP contribution in [-0.2, 0) is 16.0 Å². The van der Waals surface area contributed by atoms with Gasteiger partial charge in [-0.2, -0.15) is 0 Å². The van der Waals surface area contributed by atoms with Crippen molar-refractivity contribution in [1.82, 2.24) is 9.88 Å². The van der Waals surface area contributed by atoms with E-state index in [4.69, 9.17) is 9.15 Å². The summed E-state index contributed by atoms with van der Waals surface area (Å²) in [5.74, 6) is 0.122. The van der Waals surface area contributed by atoms with Gasteiger partial charge in [0.05, 0.1) is 30.9 Å². The van der Waals surface area contributed by atoms with E-state index in [0.29, 0.717) is 48.5 Å². The predicted molar refractivity (Wildman–Crippen MR) is 135 cm³/mol. The number of aromatic nitrogens is 1. The molecule has 1 fully saturated rings. The molecule has 0 radical (unpaired) electrons. The van der Waals surface area contributed by atoms with Crippen molar-refractivity contribution < 1.29 is 18.7 Å². The summed E-state index contributed by atoms with van der Waals surface area (Å²) in [6.07, 6.45) is 1.54.